The molecule has 1 aliphatic heterocycles. The Hall–Kier alpha value is -1.63. The number of methoxy groups -OCH3 is 1. The number of hydrogen-bond acceptors (Lipinski definition) is 5. The van der Waals surface area contributed by atoms with E-state index >= 15 is 0 Å². The largest absolute Gasteiger partial charge is 0.384 e. The normalized spacial score (nSPS) is 19.0. The number of aryl methyl sites for hydroxylation is 2. The van der Waals surface area contributed by atoms with Crippen molar-refractivity contribution in [1.82, 2.24) is 20.4 Å². The van der Waals surface area contributed by atoms with Gasteiger partial charge in [-0.2, -0.15) is 4.98 Å². The summed E-state index contributed by atoms with van der Waals surface area (Å²) in [6.07, 6.45) is 2.85. The molecule has 124 valence electrons. The summed E-state index contributed by atoms with van der Waals surface area (Å²) in [6.45, 7) is 8.46. The van der Waals surface area contributed by atoms with Crippen molar-refractivity contribution < 1.29 is 9.26 Å². The van der Waals surface area contributed by atoms with Gasteiger partial charge in [0.05, 0.1) is 6.61 Å². The molecule has 2 heterocycles. The zero-order valence-electron chi connectivity index (χ0n) is 13.8. The van der Waals surface area contributed by atoms with Gasteiger partial charge in [-0.05, 0) is 26.7 Å². The monoisotopic (exact) mass is 309 g/mol. The van der Waals surface area contributed by atoms with Gasteiger partial charge in [-0.3, -0.25) is 4.99 Å². The van der Waals surface area contributed by atoms with Crippen LogP contribution in [0.5, 0.6) is 0 Å². The second-order valence-electron chi connectivity index (χ2n) is 5.63. The van der Waals surface area contributed by atoms with Crippen LogP contribution in [0.25, 0.3) is 0 Å². The summed E-state index contributed by atoms with van der Waals surface area (Å²) in [5.41, 5.74) is 0. The maximum absolute atomic E-state index is 5.25. The molecule has 7 nitrogen and oxygen atoms in total. The zero-order valence-corrected chi connectivity index (χ0v) is 13.8. The Morgan fingerprint density at radius 3 is 3.09 bits per heavy atom. The lowest BCUT2D eigenvalue weighted by Crippen LogP contribution is -2.40. The number of aliphatic imine (C=N–C) groups is 1. The van der Waals surface area contributed by atoms with Gasteiger partial charge in [-0.15, -0.1) is 0 Å². The standard InChI is InChI=1S/C15H27N5O2/c1-4-16-15(20-9-7-13(10-20)11-21-3)17-8-5-6-14-18-12(2)19-22-14/h13H,4-11H2,1-3H3,(H,16,17). The molecule has 0 aliphatic carbocycles. The van der Waals surface area contributed by atoms with Gasteiger partial charge in [0.2, 0.25) is 5.89 Å². The zero-order chi connectivity index (χ0) is 15.8. The molecule has 1 aromatic heterocycles. The van der Waals surface area contributed by atoms with Crippen molar-refractivity contribution in [2.24, 2.45) is 10.9 Å². The summed E-state index contributed by atoms with van der Waals surface area (Å²) in [4.78, 5) is 11.2. The van der Waals surface area contributed by atoms with Gasteiger partial charge >= 0.3 is 0 Å². The van der Waals surface area contributed by atoms with Crippen molar-refractivity contribution >= 4 is 5.96 Å². The summed E-state index contributed by atoms with van der Waals surface area (Å²) in [7, 11) is 1.77. The Bertz CT molecular complexity index is 474. The van der Waals surface area contributed by atoms with E-state index in [0.29, 0.717) is 17.6 Å². The van der Waals surface area contributed by atoms with Crippen molar-refractivity contribution in [1.29, 1.82) is 0 Å². The van der Waals surface area contributed by atoms with Crippen LogP contribution in [0.2, 0.25) is 0 Å². The minimum atomic E-state index is 0.607. The Balaban J connectivity index is 1.79. The lowest BCUT2D eigenvalue weighted by molar-refractivity contribution is 0.157. The first kappa shape index (κ1) is 16.7. The average Bonchev–Trinajstić information content (AvgIpc) is 3.12. The molecular formula is C15H27N5O2. The fourth-order valence-electron chi connectivity index (χ4n) is 2.68. The first-order valence-electron chi connectivity index (χ1n) is 8.04. The molecule has 1 aromatic rings. The van der Waals surface area contributed by atoms with Crippen molar-refractivity contribution in [3.63, 3.8) is 0 Å². The maximum atomic E-state index is 5.25. The van der Waals surface area contributed by atoms with E-state index in [1.165, 1.54) is 6.42 Å². The summed E-state index contributed by atoms with van der Waals surface area (Å²) in [5.74, 6) is 2.99. The van der Waals surface area contributed by atoms with Gasteiger partial charge in [0.1, 0.15) is 0 Å². The molecule has 22 heavy (non-hydrogen) atoms. The van der Waals surface area contributed by atoms with E-state index in [4.69, 9.17) is 14.3 Å². The van der Waals surface area contributed by atoms with Crippen LogP contribution in [-0.2, 0) is 11.2 Å². The maximum Gasteiger partial charge on any atom is 0.226 e. The summed E-state index contributed by atoms with van der Waals surface area (Å²) in [5, 5.41) is 7.17. The second kappa shape index (κ2) is 8.73. The highest BCUT2D eigenvalue weighted by Crippen LogP contribution is 2.16. The smallest absolute Gasteiger partial charge is 0.226 e. The SMILES string of the molecule is CCNC(=NCCCc1nc(C)no1)N1CCC(COC)C1. The number of guanidine groups is 1. The fraction of sp³-hybridized carbons (Fsp3) is 0.800. The minimum Gasteiger partial charge on any atom is -0.384 e. The Morgan fingerprint density at radius 2 is 2.41 bits per heavy atom. The molecule has 1 unspecified atom stereocenters. The lowest BCUT2D eigenvalue weighted by Gasteiger charge is -2.21. The lowest BCUT2D eigenvalue weighted by atomic mass is 10.1. The second-order valence-corrected chi connectivity index (χ2v) is 5.63. The number of aromatic nitrogens is 2. The van der Waals surface area contributed by atoms with Gasteiger partial charge in [0.25, 0.3) is 0 Å². The summed E-state index contributed by atoms with van der Waals surface area (Å²) in [6, 6.07) is 0. The quantitative estimate of drug-likeness (QED) is 0.464. The van der Waals surface area contributed by atoms with E-state index in [1.54, 1.807) is 7.11 Å². The Labute approximate surface area is 132 Å². The van der Waals surface area contributed by atoms with Gasteiger partial charge in [-0.25, -0.2) is 0 Å². The van der Waals surface area contributed by atoms with E-state index in [-0.39, 0.29) is 0 Å². The molecule has 0 radical (unpaired) electrons. The van der Waals surface area contributed by atoms with Gasteiger partial charge < -0.3 is 19.5 Å². The van der Waals surface area contributed by atoms with Crippen LogP contribution >= 0.6 is 0 Å². The van der Waals surface area contributed by atoms with E-state index in [1.807, 2.05) is 6.92 Å². The van der Waals surface area contributed by atoms with Crippen LogP contribution in [0.3, 0.4) is 0 Å². The number of ether oxygens (including phenoxy) is 1. The molecule has 7 heteroatoms. The van der Waals surface area contributed by atoms with E-state index in [9.17, 15) is 0 Å². The minimum absolute atomic E-state index is 0.607. The summed E-state index contributed by atoms with van der Waals surface area (Å²) >= 11 is 0. The van der Waals surface area contributed by atoms with Crippen molar-refractivity contribution in [3.05, 3.63) is 11.7 Å². The van der Waals surface area contributed by atoms with E-state index in [2.05, 4.69) is 27.3 Å². The number of nitrogens with zero attached hydrogens (tertiary/aromatic N) is 4. The Kier molecular flexibility index (Phi) is 6.64. The van der Waals surface area contributed by atoms with Crippen molar-refractivity contribution in [2.75, 3.05) is 39.9 Å². The van der Waals surface area contributed by atoms with Gasteiger partial charge in [0.15, 0.2) is 11.8 Å². The summed E-state index contributed by atoms with van der Waals surface area (Å²) < 4.78 is 10.4. The predicted octanol–water partition coefficient (Wildman–Crippen LogP) is 1.24. The highest BCUT2D eigenvalue weighted by molar-refractivity contribution is 5.80. The molecule has 2 rings (SSSR count). The molecule has 1 N–H and O–H groups in total. The third kappa shape index (κ3) is 4.98. The average molecular weight is 309 g/mol. The van der Waals surface area contributed by atoms with Gasteiger partial charge in [0, 0.05) is 45.6 Å². The molecule has 0 bridgehead atoms. The molecule has 0 aromatic carbocycles. The fourth-order valence-corrected chi connectivity index (χ4v) is 2.68. The van der Waals surface area contributed by atoms with Crippen LogP contribution < -0.4 is 5.32 Å². The van der Waals surface area contributed by atoms with E-state index < -0.39 is 0 Å². The number of likely N-dealkylation sites (tertiary alicyclic amines) is 1. The first-order valence-corrected chi connectivity index (χ1v) is 8.04. The van der Waals surface area contributed by atoms with Crippen LogP contribution in [-0.4, -0.2) is 60.9 Å². The molecule has 1 aliphatic rings. The third-order valence-corrected chi connectivity index (χ3v) is 3.70. The van der Waals surface area contributed by atoms with Crippen molar-refractivity contribution in [3.8, 4) is 0 Å². The first-order chi connectivity index (χ1) is 10.7. The molecule has 0 saturated carbocycles. The van der Waals surface area contributed by atoms with Crippen LogP contribution in [0, 0.1) is 12.8 Å². The topological polar surface area (TPSA) is 75.8 Å². The van der Waals surface area contributed by atoms with E-state index in [0.717, 1.165) is 51.6 Å². The van der Waals surface area contributed by atoms with Crippen molar-refractivity contribution in [2.45, 2.75) is 33.1 Å². The highest BCUT2D eigenvalue weighted by Gasteiger charge is 2.24. The predicted molar refractivity (Wildman–Crippen MR) is 84.9 cm³/mol. The molecule has 1 fully saturated rings. The van der Waals surface area contributed by atoms with Crippen LogP contribution in [0.15, 0.2) is 9.52 Å². The number of rotatable bonds is 7. The molecule has 0 amide bonds. The molecular weight excluding hydrogens is 282 g/mol. The molecule has 0 spiro atoms. The third-order valence-electron chi connectivity index (χ3n) is 3.70. The van der Waals surface area contributed by atoms with Crippen LogP contribution in [0.4, 0.5) is 0 Å². The number of hydrogen-bond donors (Lipinski definition) is 1. The molecule has 1 atom stereocenters. The van der Waals surface area contributed by atoms with Crippen LogP contribution in [0.1, 0.15) is 31.5 Å². The molecule has 1 saturated heterocycles. The van der Waals surface area contributed by atoms with Gasteiger partial charge in [-0.1, -0.05) is 5.16 Å². The number of nitrogens with one attached hydrogen (secondary N) is 1. The highest BCUT2D eigenvalue weighted by atomic mass is 16.5. The Morgan fingerprint density at radius 1 is 1.55 bits per heavy atom.